The van der Waals surface area contributed by atoms with Gasteiger partial charge in [0, 0.05) is 22.5 Å². The van der Waals surface area contributed by atoms with Gasteiger partial charge in [-0.05, 0) is 30.3 Å². The summed E-state index contributed by atoms with van der Waals surface area (Å²) in [6, 6.07) is 9.58. The Labute approximate surface area is 162 Å². The topological polar surface area (TPSA) is 133 Å². The van der Waals surface area contributed by atoms with Gasteiger partial charge in [0.2, 0.25) is 0 Å². The van der Waals surface area contributed by atoms with Crippen LogP contribution in [0, 0.1) is 10.1 Å². The maximum Gasteiger partial charge on any atom is 0.338 e. The standard InChI is InChI=1S/C16H13BrN2O7S/c1-27(24,25)14-6-5-10(7-13(14)19(22)23)16(21)26-9-15(20)18-12-4-2-3-11(17)8-12/h2-8H,9H2,1H3,(H,18,20). The summed E-state index contributed by atoms with van der Waals surface area (Å²) in [6.45, 7) is -0.618. The molecule has 0 unspecified atom stereocenters. The minimum Gasteiger partial charge on any atom is -0.452 e. The molecule has 0 spiro atoms. The number of rotatable bonds is 6. The van der Waals surface area contributed by atoms with Crippen LogP contribution in [-0.4, -0.2) is 38.1 Å². The highest BCUT2D eigenvalue weighted by molar-refractivity contribution is 9.10. The molecule has 2 aromatic carbocycles. The van der Waals surface area contributed by atoms with Crippen molar-refractivity contribution in [1.82, 2.24) is 0 Å². The van der Waals surface area contributed by atoms with E-state index in [1.54, 1.807) is 24.3 Å². The monoisotopic (exact) mass is 456 g/mol. The summed E-state index contributed by atoms with van der Waals surface area (Å²) in [5, 5.41) is 13.6. The first-order valence-corrected chi connectivity index (χ1v) is 9.97. The van der Waals surface area contributed by atoms with Crippen LogP contribution in [-0.2, 0) is 19.4 Å². The number of esters is 1. The fourth-order valence-corrected chi connectivity index (χ4v) is 3.31. The number of ether oxygens (including phenoxy) is 1. The number of nitrogens with zero attached hydrogens (tertiary/aromatic N) is 1. The lowest BCUT2D eigenvalue weighted by Crippen LogP contribution is -2.21. The molecule has 0 heterocycles. The van der Waals surface area contributed by atoms with Crippen LogP contribution in [0.2, 0.25) is 0 Å². The molecule has 0 bridgehead atoms. The van der Waals surface area contributed by atoms with Gasteiger partial charge in [-0.1, -0.05) is 22.0 Å². The summed E-state index contributed by atoms with van der Waals surface area (Å²) in [5.41, 5.74) is -0.506. The predicted octanol–water partition coefficient (Wildman–Crippen LogP) is 2.56. The highest BCUT2D eigenvalue weighted by Crippen LogP contribution is 2.25. The lowest BCUT2D eigenvalue weighted by atomic mass is 10.2. The molecule has 0 aliphatic carbocycles. The van der Waals surface area contributed by atoms with Crippen LogP contribution in [0.3, 0.4) is 0 Å². The van der Waals surface area contributed by atoms with E-state index in [2.05, 4.69) is 21.2 Å². The minimum atomic E-state index is -3.85. The molecule has 142 valence electrons. The van der Waals surface area contributed by atoms with Crippen molar-refractivity contribution in [3.8, 4) is 0 Å². The molecule has 2 aromatic rings. The van der Waals surface area contributed by atoms with Crippen LogP contribution in [0.1, 0.15) is 10.4 Å². The second-order valence-corrected chi connectivity index (χ2v) is 8.25. The van der Waals surface area contributed by atoms with Crippen molar-refractivity contribution >= 4 is 49.0 Å². The molecular formula is C16H13BrN2O7S. The van der Waals surface area contributed by atoms with Crippen LogP contribution in [0.15, 0.2) is 51.8 Å². The minimum absolute atomic E-state index is 0.246. The molecule has 0 saturated carbocycles. The molecule has 27 heavy (non-hydrogen) atoms. The molecular weight excluding hydrogens is 444 g/mol. The van der Waals surface area contributed by atoms with E-state index in [4.69, 9.17) is 4.74 Å². The largest absolute Gasteiger partial charge is 0.452 e. The Morgan fingerprint density at radius 3 is 2.52 bits per heavy atom. The number of hydrogen-bond donors (Lipinski definition) is 1. The molecule has 0 atom stereocenters. The van der Waals surface area contributed by atoms with Crippen molar-refractivity contribution in [2.45, 2.75) is 4.90 Å². The fraction of sp³-hybridized carbons (Fsp3) is 0.125. The van der Waals surface area contributed by atoms with Gasteiger partial charge in [-0.15, -0.1) is 0 Å². The first-order chi connectivity index (χ1) is 12.6. The number of nitrogens with one attached hydrogen (secondary N) is 1. The van der Waals surface area contributed by atoms with Crippen molar-refractivity contribution in [1.29, 1.82) is 0 Å². The number of nitro groups is 1. The summed E-state index contributed by atoms with van der Waals surface area (Å²) in [6.07, 6.45) is 0.819. The van der Waals surface area contributed by atoms with Crippen LogP contribution < -0.4 is 5.32 Å². The first-order valence-electron chi connectivity index (χ1n) is 7.29. The van der Waals surface area contributed by atoms with Crippen LogP contribution in [0.4, 0.5) is 11.4 Å². The van der Waals surface area contributed by atoms with E-state index in [1.807, 2.05) is 0 Å². The summed E-state index contributed by atoms with van der Waals surface area (Å²) in [4.78, 5) is 33.5. The number of hydrogen-bond acceptors (Lipinski definition) is 7. The second-order valence-electron chi connectivity index (χ2n) is 5.35. The zero-order valence-electron chi connectivity index (χ0n) is 13.8. The zero-order valence-corrected chi connectivity index (χ0v) is 16.2. The van der Waals surface area contributed by atoms with E-state index in [0.717, 1.165) is 28.9 Å². The molecule has 1 N–H and O–H groups in total. The number of carbonyl (C=O) groups excluding carboxylic acids is 2. The lowest BCUT2D eigenvalue weighted by Gasteiger charge is -2.08. The highest BCUT2D eigenvalue weighted by atomic mass is 79.9. The van der Waals surface area contributed by atoms with Crippen molar-refractivity contribution in [3.05, 3.63) is 62.6 Å². The van der Waals surface area contributed by atoms with Crippen molar-refractivity contribution in [2.75, 3.05) is 18.2 Å². The Kier molecular flexibility index (Phi) is 6.28. The van der Waals surface area contributed by atoms with E-state index in [-0.39, 0.29) is 5.56 Å². The third-order valence-electron chi connectivity index (χ3n) is 3.23. The molecule has 0 aliphatic rings. The Balaban J connectivity index is 2.08. The van der Waals surface area contributed by atoms with Gasteiger partial charge in [-0.25, -0.2) is 13.2 Å². The van der Waals surface area contributed by atoms with E-state index in [1.165, 1.54) is 0 Å². The van der Waals surface area contributed by atoms with E-state index < -0.39 is 43.8 Å². The van der Waals surface area contributed by atoms with Crippen molar-refractivity contribution in [2.24, 2.45) is 0 Å². The van der Waals surface area contributed by atoms with Gasteiger partial charge in [0.25, 0.3) is 11.6 Å². The highest BCUT2D eigenvalue weighted by Gasteiger charge is 2.24. The Bertz CT molecular complexity index is 1020. The van der Waals surface area contributed by atoms with Crippen molar-refractivity contribution < 1.29 is 27.7 Å². The average Bonchev–Trinajstić information content (AvgIpc) is 2.58. The van der Waals surface area contributed by atoms with Gasteiger partial charge < -0.3 is 10.1 Å². The van der Waals surface area contributed by atoms with Crippen molar-refractivity contribution in [3.63, 3.8) is 0 Å². The van der Waals surface area contributed by atoms with Gasteiger partial charge in [0.05, 0.1) is 10.5 Å². The van der Waals surface area contributed by atoms with Crippen LogP contribution in [0.5, 0.6) is 0 Å². The summed E-state index contributed by atoms with van der Waals surface area (Å²) in [7, 11) is -3.85. The molecule has 9 nitrogen and oxygen atoms in total. The predicted molar refractivity (Wildman–Crippen MR) is 99.3 cm³/mol. The zero-order chi connectivity index (χ0) is 20.2. The molecule has 0 aliphatic heterocycles. The Morgan fingerprint density at radius 1 is 1.22 bits per heavy atom. The number of benzene rings is 2. The third-order valence-corrected chi connectivity index (χ3v) is 4.87. The average molecular weight is 457 g/mol. The fourth-order valence-electron chi connectivity index (χ4n) is 2.08. The molecule has 0 radical (unpaired) electrons. The molecule has 2 rings (SSSR count). The van der Waals surface area contributed by atoms with E-state index >= 15 is 0 Å². The summed E-state index contributed by atoms with van der Waals surface area (Å²) >= 11 is 3.25. The number of sulfone groups is 1. The van der Waals surface area contributed by atoms with Gasteiger partial charge >= 0.3 is 5.97 Å². The maximum absolute atomic E-state index is 12.0. The maximum atomic E-state index is 12.0. The Morgan fingerprint density at radius 2 is 1.93 bits per heavy atom. The number of halogens is 1. The van der Waals surface area contributed by atoms with Gasteiger partial charge in [-0.2, -0.15) is 0 Å². The normalized spacial score (nSPS) is 10.9. The molecule has 1 amide bonds. The van der Waals surface area contributed by atoms with Gasteiger partial charge in [-0.3, -0.25) is 14.9 Å². The van der Waals surface area contributed by atoms with Gasteiger partial charge in [0.15, 0.2) is 16.4 Å². The van der Waals surface area contributed by atoms with Crippen LogP contribution >= 0.6 is 15.9 Å². The second kappa shape index (κ2) is 8.27. The van der Waals surface area contributed by atoms with Crippen LogP contribution in [0.25, 0.3) is 0 Å². The van der Waals surface area contributed by atoms with Gasteiger partial charge in [0.1, 0.15) is 4.90 Å². The number of amides is 1. The number of nitro benzene ring substituents is 1. The first kappa shape index (κ1) is 20.5. The Hall–Kier alpha value is -2.79. The molecule has 11 heteroatoms. The van der Waals surface area contributed by atoms with E-state index in [9.17, 15) is 28.1 Å². The summed E-state index contributed by atoms with van der Waals surface area (Å²) < 4.78 is 28.7. The number of carbonyl (C=O) groups is 2. The molecule has 0 saturated heterocycles. The third kappa shape index (κ3) is 5.59. The SMILES string of the molecule is CS(=O)(=O)c1ccc(C(=O)OCC(=O)Nc2cccc(Br)c2)cc1[N+](=O)[O-]. The van der Waals surface area contributed by atoms with E-state index in [0.29, 0.717) is 5.69 Å². The summed E-state index contributed by atoms with van der Waals surface area (Å²) in [5.74, 6) is -1.61. The lowest BCUT2D eigenvalue weighted by molar-refractivity contribution is -0.387. The number of anilines is 1. The molecule has 0 fully saturated rings. The molecule has 0 aromatic heterocycles. The smallest absolute Gasteiger partial charge is 0.338 e. The quantitative estimate of drug-likeness (QED) is 0.401.